The second kappa shape index (κ2) is 11.3. The summed E-state index contributed by atoms with van der Waals surface area (Å²) in [5.41, 5.74) is -0.802. The van der Waals surface area contributed by atoms with Crippen molar-refractivity contribution in [2.24, 2.45) is 0 Å². The van der Waals surface area contributed by atoms with Crippen LogP contribution in [0.3, 0.4) is 0 Å². The number of methoxy groups -OCH3 is 1. The molecule has 0 aliphatic heterocycles. The molecule has 5 rings (SSSR count). The van der Waals surface area contributed by atoms with Gasteiger partial charge in [0.1, 0.15) is 22.9 Å². The number of rotatable bonds is 11. The molecule has 2 heterocycles. The Morgan fingerprint density at radius 2 is 1.87 bits per heavy atom. The zero-order valence-corrected chi connectivity index (χ0v) is 21.9. The summed E-state index contributed by atoms with van der Waals surface area (Å²) in [6.07, 6.45) is 2.90. The van der Waals surface area contributed by atoms with Crippen molar-refractivity contribution in [2.45, 2.75) is 29.5 Å². The summed E-state index contributed by atoms with van der Waals surface area (Å²) in [7, 11) is 1.56. The van der Waals surface area contributed by atoms with Crippen LogP contribution < -0.4 is 20.8 Å². The molecule has 3 N–H and O–H groups in total. The second-order valence-corrected chi connectivity index (χ2v) is 10.0. The quantitative estimate of drug-likeness (QED) is 0.165. The molecular weight excluding hydrogens is 526 g/mol. The average molecular weight is 553 g/mol. The molecule has 2 aromatic heterocycles. The summed E-state index contributed by atoms with van der Waals surface area (Å²) in [5, 5.41) is 15.5. The van der Waals surface area contributed by atoms with E-state index in [1.54, 1.807) is 37.6 Å². The fraction of sp³-hybridized carbons (Fsp3) is 0.250. The maximum absolute atomic E-state index is 16.1. The minimum absolute atomic E-state index is 0.0289. The first-order valence-corrected chi connectivity index (χ1v) is 13.4. The third-order valence-electron chi connectivity index (χ3n) is 6.40. The van der Waals surface area contributed by atoms with E-state index in [4.69, 9.17) is 4.74 Å². The lowest BCUT2D eigenvalue weighted by Gasteiger charge is -2.20. The predicted octanol–water partition coefficient (Wildman–Crippen LogP) is 5.53. The molecule has 0 saturated heterocycles. The number of nitrogens with zero attached hydrogens (tertiary/aromatic N) is 2. The van der Waals surface area contributed by atoms with E-state index >= 15 is 8.78 Å². The highest BCUT2D eigenvalue weighted by Gasteiger charge is 2.33. The van der Waals surface area contributed by atoms with E-state index in [1.165, 1.54) is 4.57 Å². The van der Waals surface area contributed by atoms with Crippen molar-refractivity contribution in [1.82, 2.24) is 9.55 Å². The van der Waals surface area contributed by atoms with Crippen LogP contribution in [0.25, 0.3) is 10.9 Å². The lowest BCUT2D eigenvalue weighted by atomic mass is 10.1. The summed E-state index contributed by atoms with van der Waals surface area (Å²) >= 11 is 1.06. The number of benzene rings is 2. The Morgan fingerprint density at radius 3 is 2.51 bits per heavy atom. The van der Waals surface area contributed by atoms with Gasteiger partial charge in [-0.05, 0) is 42.7 Å². The highest BCUT2D eigenvalue weighted by Crippen LogP contribution is 2.43. The maximum Gasteiger partial charge on any atom is 0.352 e. The number of aromatic nitrogens is 2. The van der Waals surface area contributed by atoms with Gasteiger partial charge in [-0.1, -0.05) is 18.2 Å². The number of carboxylic acids is 1. The summed E-state index contributed by atoms with van der Waals surface area (Å²) in [4.78, 5) is 29.3. The molecule has 0 unspecified atom stereocenters. The monoisotopic (exact) mass is 552 g/mol. The summed E-state index contributed by atoms with van der Waals surface area (Å²) in [6.45, 7) is 0.456. The SMILES string of the molecule is COc1ccc(CSc2c(F)c(NCCNc3ccccn3)c(F)c3c2c(=O)cc(C(=O)O)n3C2CC2)cc1. The Bertz CT molecular complexity index is 1580. The number of thioether (sulfide) groups is 1. The first kappa shape index (κ1) is 26.5. The number of fused-ring (bicyclic) bond motifs is 1. The molecule has 1 aliphatic rings. The van der Waals surface area contributed by atoms with E-state index in [0.717, 1.165) is 23.4 Å². The van der Waals surface area contributed by atoms with Gasteiger partial charge in [0.15, 0.2) is 17.1 Å². The molecule has 4 aromatic rings. The van der Waals surface area contributed by atoms with E-state index in [1.807, 2.05) is 18.2 Å². The zero-order valence-electron chi connectivity index (χ0n) is 21.0. The molecule has 1 saturated carbocycles. The number of pyridine rings is 2. The van der Waals surface area contributed by atoms with Crippen molar-refractivity contribution in [3.05, 3.63) is 87.8 Å². The first-order valence-electron chi connectivity index (χ1n) is 12.4. The molecule has 202 valence electrons. The van der Waals surface area contributed by atoms with Crippen LogP contribution in [-0.4, -0.2) is 40.8 Å². The Labute approximate surface area is 227 Å². The van der Waals surface area contributed by atoms with Crippen LogP contribution in [0.15, 0.2) is 64.4 Å². The normalized spacial score (nSPS) is 12.9. The van der Waals surface area contributed by atoms with Crippen LogP contribution in [0.5, 0.6) is 5.75 Å². The van der Waals surface area contributed by atoms with Crippen LogP contribution in [0.4, 0.5) is 20.3 Å². The van der Waals surface area contributed by atoms with E-state index in [2.05, 4.69) is 15.6 Å². The minimum atomic E-state index is -1.34. The van der Waals surface area contributed by atoms with E-state index < -0.39 is 28.7 Å². The van der Waals surface area contributed by atoms with Gasteiger partial charge in [0.05, 0.1) is 22.9 Å². The van der Waals surface area contributed by atoms with Crippen molar-refractivity contribution in [3.8, 4) is 5.75 Å². The summed E-state index contributed by atoms with van der Waals surface area (Å²) in [6, 6.07) is 13.2. The van der Waals surface area contributed by atoms with Gasteiger partial charge in [0.25, 0.3) is 0 Å². The van der Waals surface area contributed by atoms with Gasteiger partial charge in [-0.2, -0.15) is 0 Å². The van der Waals surface area contributed by atoms with Gasteiger partial charge in [0.2, 0.25) is 0 Å². The van der Waals surface area contributed by atoms with E-state index in [-0.39, 0.29) is 34.1 Å². The van der Waals surface area contributed by atoms with Crippen molar-refractivity contribution in [2.75, 3.05) is 30.8 Å². The molecule has 11 heteroatoms. The number of anilines is 2. The smallest absolute Gasteiger partial charge is 0.352 e. The maximum atomic E-state index is 16.1. The van der Waals surface area contributed by atoms with Crippen molar-refractivity contribution >= 4 is 40.1 Å². The minimum Gasteiger partial charge on any atom is -0.497 e. The highest BCUT2D eigenvalue weighted by molar-refractivity contribution is 7.98. The molecule has 2 aromatic carbocycles. The van der Waals surface area contributed by atoms with Gasteiger partial charge < -0.3 is 25.0 Å². The van der Waals surface area contributed by atoms with Crippen LogP contribution in [0.1, 0.15) is 34.9 Å². The summed E-state index contributed by atoms with van der Waals surface area (Å²) in [5.74, 6) is -1.64. The van der Waals surface area contributed by atoms with Gasteiger partial charge in [-0.3, -0.25) is 4.79 Å². The predicted molar refractivity (Wildman–Crippen MR) is 147 cm³/mol. The number of carbonyl (C=O) groups is 1. The first-order chi connectivity index (χ1) is 18.9. The standard InChI is InChI=1S/C28H26F2N4O4S/c1-38-18-9-5-16(6-10-18)15-39-27-22-20(35)14-19(28(36)37)34(17-7-8-17)26(22)23(29)25(24(27)30)33-13-12-32-21-4-2-3-11-31-21/h2-6,9-11,14,17,33H,7-8,12-13,15H2,1H3,(H,31,32)(H,36,37). The fourth-order valence-corrected chi connectivity index (χ4v) is 5.46. The molecule has 1 aliphatic carbocycles. The number of aromatic carboxylic acids is 1. The Morgan fingerprint density at radius 1 is 1.13 bits per heavy atom. The number of hydrogen-bond acceptors (Lipinski definition) is 7. The molecule has 8 nitrogen and oxygen atoms in total. The highest BCUT2D eigenvalue weighted by atomic mass is 32.2. The van der Waals surface area contributed by atoms with Crippen molar-refractivity contribution in [3.63, 3.8) is 0 Å². The molecule has 0 spiro atoms. The lowest BCUT2D eigenvalue weighted by Crippen LogP contribution is -2.21. The number of carboxylic acid groups (broad SMARTS) is 1. The van der Waals surface area contributed by atoms with E-state index in [9.17, 15) is 14.7 Å². The Hall–Kier alpha value is -4.12. The van der Waals surface area contributed by atoms with Gasteiger partial charge in [-0.15, -0.1) is 11.8 Å². The summed E-state index contributed by atoms with van der Waals surface area (Å²) < 4.78 is 38.6. The fourth-order valence-electron chi connectivity index (χ4n) is 4.39. The largest absolute Gasteiger partial charge is 0.497 e. The molecular formula is C28H26F2N4O4S. The van der Waals surface area contributed by atoms with Crippen LogP contribution in [-0.2, 0) is 5.75 Å². The molecule has 0 bridgehead atoms. The van der Waals surface area contributed by atoms with E-state index in [0.29, 0.717) is 36.7 Å². The molecule has 1 fully saturated rings. The van der Waals surface area contributed by atoms with Gasteiger partial charge in [-0.25, -0.2) is 18.6 Å². The average Bonchev–Trinajstić information content (AvgIpc) is 3.78. The number of halogens is 2. The van der Waals surface area contributed by atoms with Crippen molar-refractivity contribution in [1.29, 1.82) is 0 Å². The Kier molecular flexibility index (Phi) is 7.69. The van der Waals surface area contributed by atoms with Crippen LogP contribution in [0, 0.1) is 11.6 Å². The lowest BCUT2D eigenvalue weighted by molar-refractivity contribution is 0.0684. The van der Waals surface area contributed by atoms with Crippen LogP contribution in [0.2, 0.25) is 0 Å². The molecule has 0 amide bonds. The zero-order chi connectivity index (χ0) is 27.5. The topological polar surface area (TPSA) is 105 Å². The molecule has 0 radical (unpaired) electrons. The number of ether oxygens (including phenoxy) is 1. The van der Waals surface area contributed by atoms with Crippen molar-refractivity contribution < 1.29 is 23.4 Å². The molecule has 39 heavy (non-hydrogen) atoms. The number of hydrogen-bond donors (Lipinski definition) is 3. The third-order valence-corrected chi connectivity index (χ3v) is 7.55. The van der Waals surface area contributed by atoms with Gasteiger partial charge >= 0.3 is 5.97 Å². The Balaban J connectivity index is 1.56. The third kappa shape index (κ3) is 5.53. The molecule has 0 atom stereocenters. The van der Waals surface area contributed by atoms with Crippen LogP contribution >= 0.6 is 11.8 Å². The second-order valence-electron chi connectivity index (χ2n) is 9.06. The van der Waals surface area contributed by atoms with Gasteiger partial charge in [0, 0.05) is 37.1 Å². The number of nitrogens with one attached hydrogen (secondary N) is 2.